The summed E-state index contributed by atoms with van der Waals surface area (Å²) in [4.78, 5) is 50.0. The van der Waals surface area contributed by atoms with Crippen molar-refractivity contribution in [1.29, 1.82) is 0 Å². The first-order chi connectivity index (χ1) is 14.3. The Bertz CT molecular complexity index is 985. The normalized spacial score (nSPS) is 18.2. The summed E-state index contributed by atoms with van der Waals surface area (Å²) in [5, 5.41) is 5.85. The van der Waals surface area contributed by atoms with Gasteiger partial charge in [0.05, 0.1) is 6.54 Å². The number of aryl methyl sites for hydroxylation is 2. The van der Waals surface area contributed by atoms with Crippen molar-refractivity contribution in [2.75, 3.05) is 6.54 Å². The molecule has 1 aliphatic rings. The van der Waals surface area contributed by atoms with Crippen LogP contribution in [-0.2, 0) is 15.1 Å². The fourth-order valence-corrected chi connectivity index (χ4v) is 3.57. The van der Waals surface area contributed by atoms with Crippen molar-refractivity contribution in [3.8, 4) is 0 Å². The number of hydrogen-bond donors (Lipinski definition) is 3. The molecule has 30 heavy (non-hydrogen) atoms. The van der Waals surface area contributed by atoms with Gasteiger partial charge in [0.1, 0.15) is 5.54 Å². The molecule has 1 atom stereocenters. The maximum absolute atomic E-state index is 13.0. The van der Waals surface area contributed by atoms with E-state index in [4.69, 9.17) is 0 Å². The van der Waals surface area contributed by atoms with E-state index < -0.39 is 29.3 Å². The zero-order chi connectivity index (χ0) is 21.9. The average molecular weight is 408 g/mol. The molecule has 3 N–H and O–H groups in total. The van der Waals surface area contributed by atoms with E-state index in [0.29, 0.717) is 22.6 Å². The van der Waals surface area contributed by atoms with Gasteiger partial charge in [0.15, 0.2) is 0 Å². The molecule has 156 valence electrons. The van der Waals surface area contributed by atoms with E-state index in [0.717, 1.165) is 11.1 Å². The van der Waals surface area contributed by atoms with Crippen LogP contribution < -0.4 is 16.1 Å². The molecular weight excluding hydrogens is 384 g/mol. The standard InChI is InChI=1S/C22H24N4O4/c1-4-22(17-8-6-5-7-9-17)20(29)26(21(30)24-22)25-18(27)13-23-19(28)16-11-14(2)10-15(3)12-16/h5-12H,4,13H2,1-3H3,(H,23,28)(H,24,30)(H,25,27). The van der Waals surface area contributed by atoms with Crippen molar-refractivity contribution in [3.05, 3.63) is 70.8 Å². The molecule has 1 fully saturated rings. The largest absolute Gasteiger partial charge is 0.344 e. The lowest BCUT2D eigenvalue weighted by atomic mass is 9.87. The molecule has 1 saturated heterocycles. The number of nitrogens with one attached hydrogen (secondary N) is 3. The van der Waals surface area contributed by atoms with Gasteiger partial charge in [-0.1, -0.05) is 54.4 Å². The first-order valence-corrected chi connectivity index (χ1v) is 9.65. The first kappa shape index (κ1) is 21.0. The second kappa shape index (κ2) is 8.36. The van der Waals surface area contributed by atoms with Crippen LogP contribution in [0, 0.1) is 13.8 Å². The summed E-state index contributed by atoms with van der Waals surface area (Å²) in [7, 11) is 0. The van der Waals surface area contributed by atoms with Crippen LogP contribution in [0.25, 0.3) is 0 Å². The smallest absolute Gasteiger partial charge is 0.343 e. The Kier molecular flexibility index (Phi) is 5.86. The van der Waals surface area contributed by atoms with E-state index in [1.165, 1.54) is 0 Å². The molecule has 0 aromatic heterocycles. The van der Waals surface area contributed by atoms with Crippen molar-refractivity contribution in [3.63, 3.8) is 0 Å². The fourth-order valence-electron chi connectivity index (χ4n) is 3.57. The van der Waals surface area contributed by atoms with Crippen LogP contribution in [0.15, 0.2) is 48.5 Å². The monoisotopic (exact) mass is 408 g/mol. The number of carbonyl (C=O) groups excluding carboxylic acids is 4. The molecule has 0 aliphatic carbocycles. The van der Waals surface area contributed by atoms with Gasteiger partial charge in [-0.2, -0.15) is 5.01 Å². The van der Waals surface area contributed by atoms with Crippen LogP contribution in [0.2, 0.25) is 0 Å². The van der Waals surface area contributed by atoms with E-state index in [2.05, 4.69) is 16.1 Å². The quantitative estimate of drug-likeness (QED) is 0.635. The fraction of sp³-hybridized carbons (Fsp3) is 0.273. The summed E-state index contributed by atoms with van der Waals surface area (Å²) in [6.07, 6.45) is 0.317. The van der Waals surface area contributed by atoms with Crippen molar-refractivity contribution in [2.45, 2.75) is 32.7 Å². The Morgan fingerprint density at radius 2 is 1.67 bits per heavy atom. The highest BCUT2D eigenvalue weighted by atomic mass is 16.2. The van der Waals surface area contributed by atoms with E-state index >= 15 is 0 Å². The number of nitrogens with zero attached hydrogens (tertiary/aromatic N) is 1. The second-order valence-electron chi connectivity index (χ2n) is 7.29. The molecule has 0 spiro atoms. The molecule has 5 amide bonds. The molecule has 0 saturated carbocycles. The lowest BCUT2D eigenvalue weighted by Gasteiger charge is -2.25. The van der Waals surface area contributed by atoms with Crippen molar-refractivity contribution >= 4 is 23.8 Å². The predicted molar refractivity (Wildman–Crippen MR) is 110 cm³/mol. The van der Waals surface area contributed by atoms with Gasteiger partial charge in [0.2, 0.25) is 0 Å². The van der Waals surface area contributed by atoms with Gasteiger partial charge in [0.25, 0.3) is 17.7 Å². The van der Waals surface area contributed by atoms with E-state index in [-0.39, 0.29) is 6.54 Å². The summed E-state index contributed by atoms with van der Waals surface area (Å²) in [6.45, 7) is 5.15. The number of hydrazine groups is 1. The summed E-state index contributed by atoms with van der Waals surface area (Å²) in [5.41, 5.74) is 3.97. The Morgan fingerprint density at radius 1 is 1.03 bits per heavy atom. The number of rotatable bonds is 6. The zero-order valence-corrected chi connectivity index (χ0v) is 17.1. The van der Waals surface area contributed by atoms with Gasteiger partial charge in [-0.3, -0.25) is 19.8 Å². The number of carbonyl (C=O) groups is 4. The molecule has 0 radical (unpaired) electrons. The highest BCUT2D eigenvalue weighted by Gasteiger charge is 2.52. The lowest BCUT2D eigenvalue weighted by Crippen LogP contribution is -2.51. The van der Waals surface area contributed by atoms with Gasteiger partial charge in [-0.15, -0.1) is 0 Å². The van der Waals surface area contributed by atoms with E-state index in [1.807, 2.05) is 26.0 Å². The van der Waals surface area contributed by atoms with Gasteiger partial charge >= 0.3 is 6.03 Å². The minimum atomic E-state index is -1.24. The molecule has 2 aromatic rings. The summed E-state index contributed by atoms with van der Waals surface area (Å²) in [5.74, 6) is -1.67. The average Bonchev–Trinajstić information content (AvgIpc) is 2.97. The topological polar surface area (TPSA) is 108 Å². The first-order valence-electron chi connectivity index (χ1n) is 9.65. The van der Waals surface area contributed by atoms with Gasteiger partial charge in [0, 0.05) is 5.56 Å². The van der Waals surface area contributed by atoms with Crippen molar-refractivity contribution < 1.29 is 19.2 Å². The Balaban J connectivity index is 1.66. The predicted octanol–water partition coefficient (Wildman–Crippen LogP) is 1.92. The van der Waals surface area contributed by atoms with Crippen LogP contribution in [0.4, 0.5) is 4.79 Å². The Morgan fingerprint density at radius 3 is 2.27 bits per heavy atom. The highest BCUT2D eigenvalue weighted by Crippen LogP contribution is 2.31. The summed E-state index contributed by atoms with van der Waals surface area (Å²) < 4.78 is 0. The van der Waals surface area contributed by atoms with E-state index in [9.17, 15) is 19.2 Å². The van der Waals surface area contributed by atoms with Gasteiger partial charge < -0.3 is 10.6 Å². The van der Waals surface area contributed by atoms with Gasteiger partial charge in [-0.25, -0.2) is 4.79 Å². The second-order valence-corrected chi connectivity index (χ2v) is 7.29. The summed E-state index contributed by atoms with van der Waals surface area (Å²) in [6, 6.07) is 13.5. The Labute approximate surface area is 174 Å². The van der Waals surface area contributed by atoms with Gasteiger partial charge in [-0.05, 0) is 38.0 Å². The maximum Gasteiger partial charge on any atom is 0.344 e. The number of amides is 5. The van der Waals surface area contributed by atoms with Crippen molar-refractivity contribution in [2.24, 2.45) is 0 Å². The SMILES string of the molecule is CCC1(c2ccccc2)NC(=O)N(NC(=O)CNC(=O)c2cc(C)cc(C)c2)C1=O. The highest BCUT2D eigenvalue weighted by molar-refractivity contribution is 6.08. The van der Waals surface area contributed by atoms with E-state index in [1.54, 1.807) is 43.3 Å². The molecule has 0 bridgehead atoms. The summed E-state index contributed by atoms with van der Waals surface area (Å²) >= 11 is 0. The Hall–Kier alpha value is -3.68. The number of hydrogen-bond acceptors (Lipinski definition) is 4. The molecule has 2 aromatic carbocycles. The van der Waals surface area contributed by atoms with Crippen LogP contribution >= 0.6 is 0 Å². The molecule has 1 unspecified atom stereocenters. The minimum Gasteiger partial charge on any atom is -0.343 e. The molecule has 8 heteroatoms. The molecule has 3 rings (SSSR count). The minimum absolute atomic E-state index is 0.317. The van der Waals surface area contributed by atoms with Crippen LogP contribution in [0.3, 0.4) is 0 Å². The molecule has 1 heterocycles. The van der Waals surface area contributed by atoms with Crippen LogP contribution in [0.5, 0.6) is 0 Å². The third kappa shape index (κ3) is 4.03. The zero-order valence-electron chi connectivity index (χ0n) is 17.1. The lowest BCUT2D eigenvalue weighted by molar-refractivity contribution is -0.139. The number of benzene rings is 2. The third-order valence-electron chi connectivity index (χ3n) is 5.02. The number of urea groups is 1. The van der Waals surface area contributed by atoms with Crippen molar-refractivity contribution in [1.82, 2.24) is 21.1 Å². The molecule has 1 aliphatic heterocycles. The number of imide groups is 1. The third-order valence-corrected chi connectivity index (χ3v) is 5.02. The molecular formula is C22H24N4O4. The molecule has 8 nitrogen and oxygen atoms in total. The maximum atomic E-state index is 13.0. The van der Waals surface area contributed by atoms with Crippen LogP contribution in [0.1, 0.15) is 40.4 Å². The van der Waals surface area contributed by atoms with Crippen LogP contribution in [-0.4, -0.2) is 35.3 Å².